The van der Waals surface area contributed by atoms with E-state index in [1.807, 2.05) is 30.3 Å². The Kier molecular flexibility index (Phi) is 7.70. The highest BCUT2D eigenvalue weighted by atomic mass is 16.5. The largest absolute Gasteiger partial charge is 0.487 e. The van der Waals surface area contributed by atoms with Crippen LogP contribution in [0.2, 0.25) is 0 Å². The summed E-state index contributed by atoms with van der Waals surface area (Å²) in [5.41, 5.74) is 15.2. The lowest BCUT2D eigenvalue weighted by Crippen LogP contribution is -2.41. The molecule has 1 heterocycles. The fourth-order valence-electron chi connectivity index (χ4n) is 4.36. The molecule has 0 saturated heterocycles. The fraction of sp³-hybridized carbons (Fsp3) is 0.520. The second-order valence-corrected chi connectivity index (χ2v) is 8.44. The first-order chi connectivity index (χ1) is 14.0. The topological polar surface area (TPSA) is 81.5 Å². The molecule has 29 heavy (non-hydrogen) atoms. The molecule has 2 aromatic carbocycles. The minimum Gasteiger partial charge on any atom is -0.487 e. The summed E-state index contributed by atoms with van der Waals surface area (Å²) in [7, 11) is 0. The van der Waals surface area contributed by atoms with Gasteiger partial charge in [-0.25, -0.2) is 0 Å². The average molecular weight is 397 g/mol. The van der Waals surface area contributed by atoms with Crippen LogP contribution in [-0.4, -0.2) is 29.4 Å². The van der Waals surface area contributed by atoms with E-state index >= 15 is 0 Å². The molecule has 158 valence electrons. The van der Waals surface area contributed by atoms with Crippen molar-refractivity contribution < 1.29 is 9.84 Å². The first-order valence-electron chi connectivity index (χ1n) is 11.0. The van der Waals surface area contributed by atoms with Gasteiger partial charge in [-0.3, -0.25) is 0 Å². The second-order valence-electron chi connectivity index (χ2n) is 8.44. The minimum atomic E-state index is -0.611. The molecule has 2 aromatic rings. The summed E-state index contributed by atoms with van der Waals surface area (Å²) in [5.74, 6) is 1.16. The third-order valence-corrected chi connectivity index (χ3v) is 6.27. The summed E-state index contributed by atoms with van der Waals surface area (Å²) in [4.78, 5) is 0. The maximum absolute atomic E-state index is 9.34. The molecule has 1 saturated carbocycles. The van der Waals surface area contributed by atoms with Crippen LogP contribution >= 0.6 is 0 Å². The molecule has 4 rings (SSSR count). The number of nitrogens with two attached hydrogens (primary N) is 2. The number of rotatable bonds is 5. The first kappa shape index (κ1) is 21.8. The van der Waals surface area contributed by atoms with Crippen molar-refractivity contribution >= 4 is 0 Å². The zero-order valence-corrected chi connectivity index (χ0v) is 17.6. The van der Waals surface area contributed by atoms with Crippen LogP contribution in [0.5, 0.6) is 5.75 Å². The number of aliphatic hydroxyl groups excluding tert-OH is 1. The molecule has 0 amide bonds. The van der Waals surface area contributed by atoms with E-state index in [9.17, 15) is 5.11 Å². The summed E-state index contributed by atoms with van der Waals surface area (Å²) >= 11 is 0. The molecule has 2 unspecified atom stereocenters. The van der Waals surface area contributed by atoms with Crippen LogP contribution in [0, 0.1) is 0 Å². The van der Waals surface area contributed by atoms with Crippen LogP contribution in [0.25, 0.3) is 0 Å². The summed E-state index contributed by atoms with van der Waals surface area (Å²) in [5, 5.41) is 9.34. The molecule has 2 aliphatic rings. The van der Waals surface area contributed by atoms with E-state index in [0.717, 1.165) is 17.7 Å². The van der Waals surface area contributed by atoms with E-state index in [4.69, 9.17) is 16.2 Å². The Morgan fingerprint density at radius 2 is 1.76 bits per heavy atom. The van der Waals surface area contributed by atoms with Gasteiger partial charge in [-0.1, -0.05) is 49.4 Å². The highest BCUT2D eigenvalue weighted by Crippen LogP contribution is 2.43. The average Bonchev–Trinajstić information content (AvgIpc) is 3.21. The van der Waals surface area contributed by atoms with Gasteiger partial charge in [0, 0.05) is 12.6 Å². The Balaban J connectivity index is 0.000000170. The first-order valence-corrected chi connectivity index (χ1v) is 11.0. The van der Waals surface area contributed by atoms with E-state index in [2.05, 4.69) is 25.1 Å². The van der Waals surface area contributed by atoms with Crippen LogP contribution in [0.15, 0.2) is 48.5 Å². The van der Waals surface area contributed by atoms with Gasteiger partial charge in [0.1, 0.15) is 11.4 Å². The number of aliphatic hydroxyl groups is 1. The summed E-state index contributed by atoms with van der Waals surface area (Å²) in [6, 6.07) is 16.3. The molecule has 2 atom stereocenters. The van der Waals surface area contributed by atoms with Gasteiger partial charge in [0.05, 0.1) is 6.10 Å². The minimum absolute atomic E-state index is 0.209. The van der Waals surface area contributed by atoms with Gasteiger partial charge < -0.3 is 21.3 Å². The zero-order valence-electron chi connectivity index (χ0n) is 17.6. The molecule has 4 nitrogen and oxygen atoms in total. The Morgan fingerprint density at radius 1 is 1.03 bits per heavy atom. The summed E-state index contributed by atoms with van der Waals surface area (Å²) < 4.78 is 6.28. The maximum atomic E-state index is 9.34. The predicted molar refractivity (Wildman–Crippen MR) is 119 cm³/mol. The quantitative estimate of drug-likeness (QED) is 0.719. The lowest BCUT2D eigenvalue weighted by molar-refractivity contribution is 0.0533. The number of hydrogen-bond donors (Lipinski definition) is 3. The summed E-state index contributed by atoms with van der Waals surface area (Å²) in [6.45, 7) is 2.43. The second kappa shape index (κ2) is 10.2. The van der Waals surface area contributed by atoms with Gasteiger partial charge in [0.15, 0.2) is 0 Å². The van der Waals surface area contributed by atoms with E-state index in [0.29, 0.717) is 6.42 Å². The van der Waals surface area contributed by atoms with Gasteiger partial charge in [-0.15, -0.1) is 0 Å². The Labute approximate surface area is 175 Å². The molecule has 1 spiro atoms. The number of hydrogen-bond acceptors (Lipinski definition) is 4. The number of ether oxygens (including phenoxy) is 1. The lowest BCUT2D eigenvalue weighted by Gasteiger charge is -2.35. The number of benzene rings is 2. The van der Waals surface area contributed by atoms with Gasteiger partial charge in [0.25, 0.3) is 0 Å². The zero-order chi connectivity index (χ0) is 20.7. The van der Waals surface area contributed by atoms with Crippen molar-refractivity contribution in [2.75, 3.05) is 6.54 Å². The Hall–Kier alpha value is -1.88. The molecule has 5 N–H and O–H groups in total. The SMILES string of the molecule is CCc1ccc2c(c1)CCC1(CCCC1)O2.NCC(O)C(N)Cc1ccccc1. The van der Waals surface area contributed by atoms with Crippen molar-refractivity contribution in [2.45, 2.75) is 76.0 Å². The van der Waals surface area contributed by atoms with Crippen LogP contribution in [0.4, 0.5) is 0 Å². The molecule has 0 aromatic heterocycles. The van der Waals surface area contributed by atoms with Crippen LogP contribution in [0.1, 0.15) is 55.7 Å². The highest BCUT2D eigenvalue weighted by molar-refractivity contribution is 5.39. The molecule has 1 aliphatic heterocycles. The van der Waals surface area contributed by atoms with Crippen LogP contribution < -0.4 is 16.2 Å². The smallest absolute Gasteiger partial charge is 0.123 e. The van der Waals surface area contributed by atoms with Gasteiger partial charge >= 0.3 is 0 Å². The number of fused-ring (bicyclic) bond motifs is 1. The molecule has 1 aliphatic carbocycles. The van der Waals surface area contributed by atoms with Crippen molar-refractivity contribution in [1.29, 1.82) is 0 Å². The predicted octanol–water partition coefficient (Wildman–Crippen LogP) is 3.76. The van der Waals surface area contributed by atoms with Gasteiger partial charge in [-0.05, 0) is 74.1 Å². The molecule has 0 radical (unpaired) electrons. The third-order valence-electron chi connectivity index (χ3n) is 6.27. The molecule has 0 bridgehead atoms. The Bertz CT molecular complexity index is 757. The van der Waals surface area contributed by atoms with E-state index < -0.39 is 6.10 Å². The summed E-state index contributed by atoms with van der Waals surface area (Å²) in [6.07, 6.45) is 8.85. The van der Waals surface area contributed by atoms with Crippen molar-refractivity contribution in [3.05, 3.63) is 65.2 Å². The van der Waals surface area contributed by atoms with E-state index in [1.54, 1.807) is 0 Å². The maximum Gasteiger partial charge on any atom is 0.123 e. The number of aryl methyl sites for hydroxylation is 2. The van der Waals surface area contributed by atoms with Crippen LogP contribution in [-0.2, 0) is 19.3 Å². The Morgan fingerprint density at radius 3 is 2.41 bits per heavy atom. The molecule has 1 fully saturated rings. The fourth-order valence-corrected chi connectivity index (χ4v) is 4.36. The van der Waals surface area contributed by atoms with Crippen molar-refractivity contribution in [2.24, 2.45) is 11.5 Å². The van der Waals surface area contributed by atoms with E-state index in [-0.39, 0.29) is 18.2 Å². The molecular formula is C25H36N2O2. The molecular weight excluding hydrogens is 360 g/mol. The normalized spacial score (nSPS) is 18.9. The van der Waals surface area contributed by atoms with Crippen molar-refractivity contribution in [3.63, 3.8) is 0 Å². The van der Waals surface area contributed by atoms with Crippen molar-refractivity contribution in [3.8, 4) is 5.75 Å². The molecule has 4 heteroatoms. The van der Waals surface area contributed by atoms with Gasteiger partial charge in [0.2, 0.25) is 0 Å². The standard InChI is InChI=1S/C15H20O.C10H16N2O/c1-2-12-5-6-14-13(11-12)7-10-15(16-14)8-3-4-9-15;11-7-10(13)9(12)6-8-4-2-1-3-5-8/h5-6,11H,2-4,7-10H2,1H3;1-5,9-10,13H,6-7,11-12H2. The highest BCUT2D eigenvalue weighted by Gasteiger charge is 2.38. The lowest BCUT2D eigenvalue weighted by atomic mass is 9.89. The van der Waals surface area contributed by atoms with Crippen LogP contribution in [0.3, 0.4) is 0 Å². The van der Waals surface area contributed by atoms with Crippen molar-refractivity contribution in [1.82, 2.24) is 0 Å². The monoisotopic (exact) mass is 396 g/mol. The third kappa shape index (κ3) is 5.81. The van der Waals surface area contributed by atoms with Gasteiger partial charge in [-0.2, -0.15) is 0 Å². The van der Waals surface area contributed by atoms with E-state index in [1.165, 1.54) is 49.7 Å².